The molecule has 1 aromatic carbocycles. The van der Waals surface area contributed by atoms with E-state index in [1.807, 2.05) is 19.9 Å². The number of nitrogens with two attached hydrogens (primary N) is 1. The maximum absolute atomic E-state index is 5.95. The maximum atomic E-state index is 5.95. The number of hydrogen-bond donors (Lipinski definition) is 2. The molecule has 0 saturated heterocycles. The summed E-state index contributed by atoms with van der Waals surface area (Å²) in [5.41, 5.74) is 6.96. The molecule has 0 amide bonds. The van der Waals surface area contributed by atoms with Crippen molar-refractivity contribution in [2.24, 2.45) is 5.73 Å². The molecular weight excluding hydrogens is 280 g/mol. The number of ether oxygens (including phenoxy) is 1. The third-order valence-electron chi connectivity index (χ3n) is 2.54. The van der Waals surface area contributed by atoms with Gasteiger partial charge in [-0.15, -0.1) is 0 Å². The van der Waals surface area contributed by atoms with E-state index in [0.29, 0.717) is 0 Å². The van der Waals surface area contributed by atoms with Gasteiger partial charge in [0.2, 0.25) is 0 Å². The predicted molar refractivity (Wildman–Crippen MR) is 75.4 cm³/mol. The third-order valence-corrected chi connectivity index (χ3v) is 3.16. The molecule has 0 aliphatic rings. The van der Waals surface area contributed by atoms with Crippen LogP contribution in [0, 0.1) is 0 Å². The fourth-order valence-electron chi connectivity index (χ4n) is 1.49. The summed E-state index contributed by atoms with van der Waals surface area (Å²) >= 11 is 3.49. The Morgan fingerprint density at radius 1 is 1.47 bits per heavy atom. The van der Waals surface area contributed by atoms with Crippen LogP contribution in [0.2, 0.25) is 0 Å². The Labute approximate surface area is 112 Å². The van der Waals surface area contributed by atoms with E-state index in [-0.39, 0.29) is 11.6 Å². The monoisotopic (exact) mass is 300 g/mol. The molecule has 1 atom stereocenters. The third kappa shape index (κ3) is 4.66. The normalized spacial score (nSPS) is 13.5. The van der Waals surface area contributed by atoms with Crippen LogP contribution < -0.4 is 15.8 Å². The van der Waals surface area contributed by atoms with Gasteiger partial charge in [-0.2, -0.15) is 0 Å². The summed E-state index contributed by atoms with van der Waals surface area (Å²) in [4.78, 5) is 0. The minimum absolute atomic E-state index is 0.196. The van der Waals surface area contributed by atoms with Gasteiger partial charge in [0.25, 0.3) is 0 Å². The smallest absolute Gasteiger partial charge is 0.133 e. The Bertz CT molecular complexity index is 374. The van der Waals surface area contributed by atoms with Crippen molar-refractivity contribution < 1.29 is 4.74 Å². The highest BCUT2D eigenvalue weighted by molar-refractivity contribution is 9.10. The molecule has 3 nitrogen and oxygen atoms in total. The van der Waals surface area contributed by atoms with E-state index in [0.717, 1.165) is 16.8 Å². The van der Waals surface area contributed by atoms with Crippen molar-refractivity contribution in [3.8, 4) is 5.75 Å². The van der Waals surface area contributed by atoms with Gasteiger partial charge < -0.3 is 15.8 Å². The molecule has 1 aromatic rings. The quantitative estimate of drug-likeness (QED) is 0.879. The molecule has 0 aromatic heterocycles. The summed E-state index contributed by atoms with van der Waals surface area (Å²) in [6.07, 6.45) is 0. The molecule has 0 fully saturated rings. The van der Waals surface area contributed by atoms with Crippen LogP contribution in [0.3, 0.4) is 0 Å². The lowest BCUT2D eigenvalue weighted by Gasteiger charge is -2.23. The highest BCUT2D eigenvalue weighted by Gasteiger charge is 2.13. The van der Waals surface area contributed by atoms with E-state index in [2.05, 4.69) is 40.3 Å². The van der Waals surface area contributed by atoms with Crippen LogP contribution in [-0.4, -0.2) is 19.2 Å². The highest BCUT2D eigenvalue weighted by atomic mass is 79.9. The number of nitrogens with one attached hydrogen (secondary N) is 1. The Balaban J connectivity index is 2.69. The largest absolute Gasteiger partial charge is 0.496 e. The molecule has 96 valence electrons. The first-order chi connectivity index (χ1) is 7.83. The second-order valence-electron chi connectivity index (χ2n) is 4.99. The van der Waals surface area contributed by atoms with Crippen molar-refractivity contribution in [1.29, 1.82) is 0 Å². The molecule has 0 radical (unpaired) electrons. The molecule has 0 saturated carbocycles. The standard InChI is InChI=1S/C13H21BrN2O/c1-9(16-8-13(2,3)15)10-5-6-12(17-4)11(14)7-10/h5-7,9,16H,8,15H2,1-4H3. The first kappa shape index (κ1) is 14.5. The number of benzene rings is 1. The average Bonchev–Trinajstić information content (AvgIpc) is 2.24. The van der Waals surface area contributed by atoms with Gasteiger partial charge in [-0.1, -0.05) is 6.07 Å². The topological polar surface area (TPSA) is 47.3 Å². The van der Waals surface area contributed by atoms with E-state index in [1.165, 1.54) is 5.56 Å². The first-order valence-electron chi connectivity index (χ1n) is 5.69. The van der Waals surface area contributed by atoms with Crippen molar-refractivity contribution in [1.82, 2.24) is 5.32 Å². The zero-order valence-electron chi connectivity index (χ0n) is 10.9. The van der Waals surface area contributed by atoms with Crippen molar-refractivity contribution in [3.05, 3.63) is 28.2 Å². The molecule has 0 aliphatic heterocycles. The molecule has 0 bridgehead atoms. The molecule has 17 heavy (non-hydrogen) atoms. The molecule has 0 spiro atoms. The Kier molecular flexibility index (Phi) is 4.98. The predicted octanol–water partition coefficient (Wildman–Crippen LogP) is 2.85. The number of halogens is 1. The molecule has 0 aliphatic carbocycles. The minimum Gasteiger partial charge on any atom is -0.496 e. The van der Waals surface area contributed by atoms with Gasteiger partial charge in [-0.05, 0) is 54.4 Å². The fraction of sp³-hybridized carbons (Fsp3) is 0.538. The number of methoxy groups -OCH3 is 1. The van der Waals surface area contributed by atoms with Crippen LogP contribution in [0.15, 0.2) is 22.7 Å². The summed E-state index contributed by atoms with van der Waals surface area (Å²) in [7, 11) is 1.67. The maximum Gasteiger partial charge on any atom is 0.133 e. The Hall–Kier alpha value is -0.580. The van der Waals surface area contributed by atoms with Crippen LogP contribution in [0.5, 0.6) is 5.75 Å². The van der Waals surface area contributed by atoms with Gasteiger partial charge in [0.15, 0.2) is 0 Å². The van der Waals surface area contributed by atoms with Crippen LogP contribution >= 0.6 is 15.9 Å². The zero-order valence-corrected chi connectivity index (χ0v) is 12.5. The summed E-state index contributed by atoms with van der Waals surface area (Å²) < 4.78 is 6.18. The lowest BCUT2D eigenvalue weighted by molar-refractivity contribution is 0.410. The van der Waals surface area contributed by atoms with Gasteiger partial charge in [0.1, 0.15) is 5.75 Å². The lowest BCUT2D eigenvalue weighted by atomic mass is 10.0. The van der Waals surface area contributed by atoms with Gasteiger partial charge in [0, 0.05) is 18.1 Å². The zero-order chi connectivity index (χ0) is 13.1. The van der Waals surface area contributed by atoms with E-state index >= 15 is 0 Å². The lowest BCUT2D eigenvalue weighted by Crippen LogP contribution is -2.43. The minimum atomic E-state index is -0.196. The van der Waals surface area contributed by atoms with Crippen LogP contribution in [0.4, 0.5) is 0 Å². The molecule has 3 N–H and O–H groups in total. The molecule has 4 heteroatoms. The summed E-state index contributed by atoms with van der Waals surface area (Å²) in [5, 5.41) is 3.42. The SMILES string of the molecule is COc1ccc(C(C)NCC(C)(C)N)cc1Br. The van der Waals surface area contributed by atoms with Crippen molar-refractivity contribution in [2.45, 2.75) is 32.4 Å². The van der Waals surface area contributed by atoms with E-state index in [1.54, 1.807) is 7.11 Å². The summed E-state index contributed by atoms with van der Waals surface area (Å²) in [6, 6.07) is 6.36. The van der Waals surface area contributed by atoms with E-state index in [4.69, 9.17) is 10.5 Å². The summed E-state index contributed by atoms with van der Waals surface area (Å²) in [5.74, 6) is 0.847. The number of hydrogen-bond acceptors (Lipinski definition) is 3. The van der Waals surface area contributed by atoms with Gasteiger partial charge in [-0.25, -0.2) is 0 Å². The second kappa shape index (κ2) is 5.85. The molecular formula is C13H21BrN2O. The first-order valence-corrected chi connectivity index (χ1v) is 6.48. The van der Waals surface area contributed by atoms with Crippen molar-refractivity contribution in [3.63, 3.8) is 0 Å². The van der Waals surface area contributed by atoms with Gasteiger partial charge >= 0.3 is 0 Å². The average molecular weight is 301 g/mol. The van der Waals surface area contributed by atoms with Crippen LogP contribution in [-0.2, 0) is 0 Å². The van der Waals surface area contributed by atoms with Crippen molar-refractivity contribution >= 4 is 15.9 Å². The molecule has 1 unspecified atom stereocenters. The fourth-order valence-corrected chi connectivity index (χ4v) is 2.04. The van der Waals surface area contributed by atoms with E-state index in [9.17, 15) is 0 Å². The Morgan fingerprint density at radius 2 is 2.12 bits per heavy atom. The van der Waals surface area contributed by atoms with Crippen LogP contribution in [0.25, 0.3) is 0 Å². The van der Waals surface area contributed by atoms with Crippen molar-refractivity contribution in [2.75, 3.05) is 13.7 Å². The molecule has 1 rings (SSSR count). The second-order valence-corrected chi connectivity index (χ2v) is 5.84. The van der Waals surface area contributed by atoms with Crippen LogP contribution in [0.1, 0.15) is 32.4 Å². The van der Waals surface area contributed by atoms with Gasteiger partial charge in [0.05, 0.1) is 11.6 Å². The highest BCUT2D eigenvalue weighted by Crippen LogP contribution is 2.27. The van der Waals surface area contributed by atoms with Gasteiger partial charge in [-0.3, -0.25) is 0 Å². The number of rotatable bonds is 5. The summed E-state index contributed by atoms with van der Waals surface area (Å²) in [6.45, 7) is 6.92. The van der Waals surface area contributed by atoms with E-state index < -0.39 is 0 Å². The molecule has 0 heterocycles. The Morgan fingerprint density at radius 3 is 2.59 bits per heavy atom.